The molecule has 0 bridgehead atoms. The summed E-state index contributed by atoms with van der Waals surface area (Å²) in [5.74, 6) is -2.48. The fourth-order valence-electron chi connectivity index (χ4n) is 1.40. The summed E-state index contributed by atoms with van der Waals surface area (Å²) in [6.45, 7) is 0.113. The zero-order chi connectivity index (χ0) is 14.4. The molecule has 0 saturated heterocycles. The van der Waals surface area contributed by atoms with E-state index in [9.17, 15) is 19.7 Å². The fraction of sp³-hybridized carbons (Fsp3) is 0.273. The van der Waals surface area contributed by atoms with E-state index in [4.69, 9.17) is 10.2 Å². The van der Waals surface area contributed by atoms with E-state index in [1.165, 1.54) is 24.3 Å². The van der Waals surface area contributed by atoms with Crippen LogP contribution in [0.25, 0.3) is 0 Å². The molecule has 1 rings (SSSR count). The number of hydrogen-bond donors (Lipinski definition) is 3. The second-order valence-corrected chi connectivity index (χ2v) is 3.79. The van der Waals surface area contributed by atoms with E-state index in [0.717, 1.165) is 0 Å². The molecule has 0 aliphatic carbocycles. The molecule has 1 atom stereocenters. The van der Waals surface area contributed by atoms with Gasteiger partial charge in [0.15, 0.2) is 0 Å². The zero-order valence-electron chi connectivity index (χ0n) is 9.78. The van der Waals surface area contributed by atoms with Crippen molar-refractivity contribution in [1.29, 1.82) is 0 Å². The standard InChI is InChI=1S/C11H12N2O6/c14-10(15)5-9(11(16)17)12-6-7-1-3-8(4-2-7)13(18)19/h1-4,9,12H,5-6H2,(H,14,15)(H,16,17)/t9-/m0/s1. The third-order valence-corrected chi connectivity index (χ3v) is 2.38. The molecule has 102 valence electrons. The lowest BCUT2D eigenvalue weighted by Gasteiger charge is -2.12. The van der Waals surface area contributed by atoms with Crippen molar-refractivity contribution in [1.82, 2.24) is 5.32 Å². The van der Waals surface area contributed by atoms with Gasteiger partial charge in [-0.05, 0) is 5.56 Å². The van der Waals surface area contributed by atoms with E-state index in [0.29, 0.717) is 5.56 Å². The SMILES string of the molecule is O=C(O)C[C@H](NCc1ccc([N+](=O)[O-])cc1)C(=O)O. The van der Waals surface area contributed by atoms with Gasteiger partial charge in [0.1, 0.15) is 6.04 Å². The molecule has 8 nitrogen and oxygen atoms in total. The molecule has 0 fully saturated rings. The van der Waals surface area contributed by atoms with Crippen LogP contribution >= 0.6 is 0 Å². The predicted molar refractivity (Wildman–Crippen MR) is 63.6 cm³/mol. The van der Waals surface area contributed by atoms with Crippen molar-refractivity contribution >= 4 is 17.6 Å². The topological polar surface area (TPSA) is 130 Å². The molecule has 0 spiro atoms. The van der Waals surface area contributed by atoms with Crippen molar-refractivity contribution in [2.75, 3.05) is 0 Å². The maximum absolute atomic E-state index is 10.8. The minimum atomic E-state index is -1.26. The van der Waals surface area contributed by atoms with Crippen molar-refractivity contribution in [3.05, 3.63) is 39.9 Å². The van der Waals surface area contributed by atoms with Gasteiger partial charge in [0.25, 0.3) is 5.69 Å². The van der Waals surface area contributed by atoms with Crippen molar-refractivity contribution in [2.45, 2.75) is 19.0 Å². The number of nitrogens with one attached hydrogen (secondary N) is 1. The van der Waals surface area contributed by atoms with Crippen molar-refractivity contribution in [2.24, 2.45) is 0 Å². The molecule has 0 aliphatic rings. The summed E-state index contributed by atoms with van der Waals surface area (Å²) >= 11 is 0. The lowest BCUT2D eigenvalue weighted by molar-refractivity contribution is -0.384. The van der Waals surface area contributed by atoms with Gasteiger partial charge >= 0.3 is 11.9 Å². The zero-order valence-corrected chi connectivity index (χ0v) is 9.78. The Bertz CT molecular complexity index is 484. The molecule has 0 aliphatic heterocycles. The van der Waals surface area contributed by atoms with Crippen molar-refractivity contribution in [3.8, 4) is 0 Å². The fourth-order valence-corrected chi connectivity index (χ4v) is 1.40. The number of carboxylic acids is 2. The first-order chi connectivity index (χ1) is 8.90. The monoisotopic (exact) mass is 268 g/mol. The summed E-state index contributed by atoms with van der Waals surface area (Å²) in [6, 6.07) is 4.34. The average molecular weight is 268 g/mol. The minimum Gasteiger partial charge on any atom is -0.481 e. The summed E-state index contributed by atoms with van der Waals surface area (Å²) in [5, 5.41) is 30.4. The van der Waals surface area contributed by atoms with Gasteiger partial charge in [-0.15, -0.1) is 0 Å². The molecule has 0 radical (unpaired) electrons. The lowest BCUT2D eigenvalue weighted by atomic mass is 10.1. The summed E-state index contributed by atoms with van der Waals surface area (Å²) < 4.78 is 0. The van der Waals surface area contributed by atoms with Crippen molar-refractivity contribution in [3.63, 3.8) is 0 Å². The van der Waals surface area contributed by atoms with Crippen LogP contribution in [0.5, 0.6) is 0 Å². The van der Waals surface area contributed by atoms with Crippen LogP contribution in [0, 0.1) is 10.1 Å². The highest BCUT2D eigenvalue weighted by Gasteiger charge is 2.20. The highest BCUT2D eigenvalue weighted by Crippen LogP contribution is 2.11. The van der Waals surface area contributed by atoms with Crippen LogP contribution in [-0.4, -0.2) is 33.1 Å². The summed E-state index contributed by atoms with van der Waals surface area (Å²) in [7, 11) is 0. The summed E-state index contributed by atoms with van der Waals surface area (Å²) in [5.41, 5.74) is 0.561. The Hall–Kier alpha value is -2.48. The largest absolute Gasteiger partial charge is 0.481 e. The number of hydrogen-bond acceptors (Lipinski definition) is 5. The Kier molecular flexibility index (Phi) is 4.95. The van der Waals surface area contributed by atoms with Crippen LogP contribution in [-0.2, 0) is 16.1 Å². The molecule has 1 aromatic rings. The maximum atomic E-state index is 10.8. The minimum absolute atomic E-state index is 0.0657. The predicted octanol–water partition coefficient (Wildman–Crippen LogP) is 0.612. The number of rotatable bonds is 7. The van der Waals surface area contributed by atoms with Crippen LogP contribution in [0.2, 0.25) is 0 Å². The van der Waals surface area contributed by atoms with Gasteiger partial charge in [0.2, 0.25) is 0 Å². The van der Waals surface area contributed by atoms with Crippen molar-refractivity contribution < 1.29 is 24.7 Å². The highest BCUT2D eigenvalue weighted by atomic mass is 16.6. The number of benzene rings is 1. The molecule has 19 heavy (non-hydrogen) atoms. The molecule has 0 saturated carbocycles. The van der Waals surface area contributed by atoms with Gasteiger partial charge in [-0.3, -0.25) is 25.0 Å². The smallest absolute Gasteiger partial charge is 0.321 e. The maximum Gasteiger partial charge on any atom is 0.321 e. The van der Waals surface area contributed by atoms with E-state index < -0.39 is 29.3 Å². The van der Waals surface area contributed by atoms with Crippen LogP contribution in [0.4, 0.5) is 5.69 Å². The van der Waals surface area contributed by atoms with Gasteiger partial charge in [0.05, 0.1) is 11.3 Å². The molecular weight excluding hydrogens is 256 g/mol. The van der Waals surface area contributed by atoms with E-state index in [1.54, 1.807) is 0 Å². The van der Waals surface area contributed by atoms with Crippen LogP contribution < -0.4 is 5.32 Å². The third kappa shape index (κ3) is 4.72. The first kappa shape index (κ1) is 14.6. The van der Waals surface area contributed by atoms with Crippen LogP contribution in [0.3, 0.4) is 0 Å². The second kappa shape index (κ2) is 6.45. The second-order valence-electron chi connectivity index (χ2n) is 3.79. The Morgan fingerprint density at radius 1 is 1.26 bits per heavy atom. The van der Waals surface area contributed by atoms with E-state index in [2.05, 4.69) is 5.32 Å². The highest BCUT2D eigenvalue weighted by molar-refractivity contribution is 5.80. The van der Waals surface area contributed by atoms with Crippen LogP contribution in [0.15, 0.2) is 24.3 Å². The first-order valence-electron chi connectivity index (χ1n) is 5.31. The van der Waals surface area contributed by atoms with Gasteiger partial charge in [-0.25, -0.2) is 0 Å². The Labute approximate surface area is 107 Å². The number of nitrogens with zero attached hydrogens (tertiary/aromatic N) is 1. The first-order valence-corrected chi connectivity index (χ1v) is 5.31. The number of carbonyl (C=O) groups is 2. The number of nitro groups is 1. The Morgan fingerprint density at radius 2 is 1.84 bits per heavy atom. The van der Waals surface area contributed by atoms with Gasteiger partial charge in [0, 0.05) is 18.7 Å². The van der Waals surface area contributed by atoms with Crippen LogP contribution in [0.1, 0.15) is 12.0 Å². The van der Waals surface area contributed by atoms with Gasteiger partial charge in [-0.2, -0.15) is 0 Å². The molecule has 8 heteroatoms. The quantitative estimate of drug-likeness (QED) is 0.488. The normalized spacial score (nSPS) is 11.8. The number of carboxylic acid groups (broad SMARTS) is 2. The van der Waals surface area contributed by atoms with Gasteiger partial charge in [-0.1, -0.05) is 12.1 Å². The number of aliphatic carboxylic acids is 2. The molecular formula is C11H12N2O6. The molecule has 3 N–H and O–H groups in total. The van der Waals surface area contributed by atoms with Gasteiger partial charge < -0.3 is 10.2 Å². The molecule has 0 amide bonds. The Balaban J connectivity index is 2.61. The van der Waals surface area contributed by atoms with E-state index >= 15 is 0 Å². The molecule has 0 unspecified atom stereocenters. The average Bonchev–Trinajstić information content (AvgIpc) is 2.34. The third-order valence-electron chi connectivity index (χ3n) is 2.38. The van der Waals surface area contributed by atoms with E-state index in [-0.39, 0.29) is 12.2 Å². The van der Waals surface area contributed by atoms with E-state index in [1.807, 2.05) is 0 Å². The molecule has 0 heterocycles. The lowest BCUT2D eigenvalue weighted by Crippen LogP contribution is -2.38. The molecule has 1 aromatic carbocycles. The number of non-ortho nitro benzene ring substituents is 1. The Morgan fingerprint density at radius 3 is 2.26 bits per heavy atom. The molecule has 0 aromatic heterocycles. The number of nitro benzene ring substituents is 1. The summed E-state index contributed by atoms with van der Waals surface area (Å²) in [6.07, 6.45) is -0.539. The summed E-state index contributed by atoms with van der Waals surface area (Å²) in [4.78, 5) is 31.1.